The number of rotatable bonds is 5. The third-order valence-corrected chi connectivity index (χ3v) is 9.20. The lowest BCUT2D eigenvalue weighted by Gasteiger charge is -2.39. The molecule has 0 amide bonds. The number of ether oxygens (including phenoxy) is 1. The van der Waals surface area contributed by atoms with Crippen LogP contribution in [0.15, 0.2) is 0 Å². The molecule has 136 valence electrons. The number of hydrogen-bond donors (Lipinski definition) is 2. The molecule has 3 atom stereocenters. The Labute approximate surface area is 142 Å². The maximum Gasteiger partial charge on any atom is 0.326 e. The molecule has 0 radical (unpaired) electrons. The molecule has 0 bridgehead atoms. The van der Waals surface area contributed by atoms with E-state index >= 15 is 0 Å². The third kappa shape index (κ3) is 5.85. The van der Waals surface area contributed by atoms with E-state index in [2.05, 4.69) is 39.2 Å². The van der Waals surface area contributed by atoms with Crippen molar-refractivity contribution in [2.45, 2.75) is 96.3 Å². The molecule has 1 heterocycles. The number of aliphatic hydroxyl groups excluding tert-OH is 1. The smallest absolute Gasteiger partial charge is 0.326 e. The van der Waals surface area contributed by atoms with E-state index in [4.69, 9.17) is 9.16 Å². The van der Waals surface area contributed by atoms with Crippen LogP contribution >= 0.6 is 0 Å². The zero-order valence-electron chi connectivity index (χ0n) is 16.0. The van der Waals surface area contributed by atoms with Crippen LogP contribution in [0, 0.1) is 0 Å². The van der Waals surface area contributed by atoms with Crippen molar-refractivity contribution in [1.29, 1.82) is 0 Å². The first kappa shape index (κ1) is 20.6. The molecule has 2 N–H and O–H groups in total. The van der Waals surface area contributed by atoms with Crippen LogP contribution in [0.1, 0.15) is 54.4 Å². The summed E-state index contributed by atoms with van der Waals surface area (Å²) in [4.78, 5) is 12.5. The van der Waals surface area contributed by atoms with Crippen LogP contribution < -0.4 is 5.32 Å². The highest BCUT2D eigenvalue weighted by Crippen LogP contribution is 2.39. The van der Waals surface area contributed by atoms with Crippen molar-refractivity contribution in [2.24, 2.45) is 0 Å². The van der Waals surface area contributed by atoms with Crippen LogP contribution in [0.5, 0.6) is 0 Å². The van der Waals surface area contributed by atoms with Crippen molar-refractivity contribution < 1.29 is 19.1 Å². The summed E-state index contributed by atoms with van der Waals surface area (Å²) >= 11 is 0. The van der Waals surface area contributed by atoms with Gasteiger partial charge >= 0.3 is 5.97 Å². The molecule has 0 saturated carbocycles. The number of nitrogens with one attached hydrogen (secondary N) is 1. The van der Waals surface area contributed by atoms with Crippen LogP contribution in [-0.2, 0) is 14.0 Å². The zero-order valence-corrected chi connectivity index (χ0v) is 17.0. The van der Waals surface area contributed by atoms with Gasteiger partial charge in [-0.2, -0.15) is 0 Å². The van der Waals surface area contributed by atoms with Gasteiger partial charge in [0.25, 0.3) is 0 Å². The first-order valence-corrected chi connectivity index (χ1v) is 11.5. The number of esters is 1. The molecular weight excluding hydrogens is 310 g/mol. The van der Waals surface area contributed by atoms with Gasteiger partial charge in [-0.3, -0.25) is 10.1 Å². The molecule has 6 heteroatoms. The highest BCUT2D eigenvalue weighted by atomic mass is 28.4. The lowest BCUT2D eigenvalue weighted by atomic mass is 10.1. The Morgan fingerprint density at radius 2 is 1.78 bits per heavy atom. The average molecular weight is 346 g/mol. The van der Waals surface area contributed by atoms with Gasteiger partial charge in [-0.25, -0.2) is 0 Å². The van der Waals surface area contributed by atoms with Gasteiger partial charge < -0.3 is 14.3 Å². The van der Waals surface area contributed by atoms with Crippen molar-refractivity contribution >= 4 is 14.3 Å². The topological polar surface area (TPSA) is 67.8 Å². The van der Waals surface area contributed by atoms with E-state index < -0.39 is 20.0 Å². The summed E-state index contributed by atoms with van der Waals surface area (Å²) in [5, 5.41) is 12.6. The summed E-state index contributed by atoms with van der Waals surface area (Å²) < 4.78 is 12.0. The number of hydrogen-bond acceptors (Lipinski definition) is 5. The molecule has 0 aliphatic carbocycles. The summed E-state index contributed by atoms with van der Waals surface area (Å²) in [5.41, 5.74) is -0.518. The minimum atomic E-state index is -1.98. The average Bonchev–Trinajstić information content (AvgIpc) is 2.68. The maximum atomic E-state index is 12.5. The highest BCUT2D eigenvalue weighted by molar-refractivity contribution is 6.74. The Kier molecular flexibility index (Phi) is 6.46. The molecular formula is C17H35NO4Si. The Balaban J connectivity index is 2.89. The second-order valence-corrected chi connectivity index (χ2v) is 13.8. The van der Waals surface area contributed by atoms with Gasteiger partial charge in [-0.05, 0) is 51.7 Å². The minimum Gasteiger partial charge on any atom is -0.459 e. The largest absolute Gasteiger partial charge is 0.459 e. The summed E-state index contributed by atoms with van der Waals surface area (Å²) in [6, 6.07) is -0.368. The Morgan fingerprint density at radius 3 is 2.22 bits per heavy atom. The fraction of sp³-hybridized carbons (Fsp3) is 0.941. The van der Waals surface area contributed by atoms with Crippen molar-refractivity contribution in [3.8, 4) is 0 Å². The minimum absolute atomic E-state index is 0.0839. The van der Waals surface area contributed by atoms with E-state index in [1.165, 1.54) is 0 Å². The molecule has 23 heavy (non-hydrogen) atoms. The molecule has 0 unspecified atom stereocenters. The van der Waals surface area contributed by atoms with Crippen LogP contribution in [0.25, 0.3) is 0 Å². The molecule has 1 fully saturated rings. The summed E-state index contributed by atoms with van der Waals surface area (Å²) in [7, 11) is -1.98. The second-order valence-electron chi connectivity index (χ2n) is 9.04. The fourth-order valence-corrected chi connectivity index (χ4v) is 3.80. The summed E-state index contributed by atoms with van der Waals surface area (Å²) in [5.74, 6) is -0.262. The molecule has 1 saturated heterocycles. The van der Waals surface area contributed by atoms with E-state index in [-0.39, 0.29) is 29.8 Å². The summed E-state index contributed by atoms with van der Waals surface area (Å²) in [6.45, 7) is 16.7. The van der Waals surface area contributed by atoms with E-state index in [1.54, 1.807) is 0 Å². The predicted molar refractivity (Wildman–Crippen MR) is 94.9 cm³/mol. The molecule has 0 aromatic heterocycles. The lowest BCUT2D eigenvalue weighted by Crippen LogP contribution is -2.50. The van der Waals surface area contributed by atoms with Crippen LogP contribution in [0.2, 0.25) is 18.1 Å². The summed E-state index contributed by atoms with van der Waals surface area (Å²) in [6.07, 6.45) is 1.16. The van der Waals surface area contributed by atoms with Gasteiger partial charge in [-0.1, -0.05) is 20.8 Å². The molecule has 5 nitrogen and oxygen atoms in total. The van der Waals surface area contributed by atoms with Crippen molar-refractivity contribution in [3.05, 3.63) is 0 Å². The second kappa shape index (κ2) is 7.21. The Bertz CT molecular complexity index is 412. The number of carbonyl (C=O) groups excluding carboxylic acids is 1. The monoisotopic (exact) mass is 345 g/mol. The van der Waals surface area contributed by atoms with E-state index in [9.17, 15) is 9.90 Å². The highest BCUT2D eigenvalue weighted by Gasteiger charge is 2.46. The van der Waals surface area contributed by atoms with Gasteiger partial charge in [0, 0.05) is 12.6 Å². The van der Waals surface area contributed by atoms with Crippen LogP contribution in [0.3, 0.4) is 0 Å². The van der Waals surface area contributed by atoms with E-state index in [0.717, 1.165) is 6.42 Å². The van der Waals surface area contributed by atoms with Crippen LogP contribution in [-0.4, -0.2) is 49.8 Å². The lowest BCUT2D eigenvalue weighted by molar-refractivity contribution is -0.159. The predicted octanol–water partition coefficient (Wildman–Crippen LogP) is 2.83. The third-order valence-electron chi connectivity index (χ3n) is 4.69. The van der Waals surface area contributed by atoms with Gasteiger partial charge in [0.1, 0.15) is 11.6 Å². The number of aliphatic hydroxyl groups is 1. The molecule has 1 aliphatic heterocycles. The van der Waals surface area contributed by atoms with Crippen LogP contribution in [0.4, 0.5) is 0 Å². The normalized spacial score (nSPS) is 26.4. The first-order valence-electron chi connectivity index (χ1n) is 8.54. The van der Waals surface area contributed by atoms with Crippen molar-refractivity contribution in [3.63, 3.8) is 0 Å². The molecule has 0 aromatic carbocycles. The fourth-order valence-electron chi connectivity index (χ4n) is 2.46. The molecule has 1 aliphatic rings. The van der Waals surface area contributed by atoms with Crippen molar-refractivity contribution in [1.82, 2.24) is 5.32 Å². The standard InChI is InChI=1S/C17H35NO4Si/c1-16(2,3)21-15(20)14-13(11-12(18-14)9-10-19)22-23(7,8)17(4,5)6/h12-14,18-19H,9-11H2,1-8H3/t12-,13+,14-/m1/s1. The van der Waals surface area contributed by atoms with Gasteiger partial charge in [0.05, 0.1) is 6.10 Å². The SMILES string of the molecule is CC(C)(C)OC(=O)[C@@H]1N[C@H](CCO)C[C@@H]1O[Si](C)(C)C(C)(C)C. The van der Waals surface area contributed by atoms with E-state index in [1.807, 2.05) is 20.8 Å². The molecule has 0 aromatic rings. The number of carbonyl (C=O) groups is 1. The first-order chi connectivity index (χ1) is 10.3. The van der Waals surface area contributed by atoms with E-state index in [0.29, 0.717) is 6.42 Å². The molecule has 0 spiro atoms. The maximum absolute atomic E-state index is 12.5. The van der Waals surface area contributed by atoms with Crippen molar-refractivity contribution in [2.75, 3.05) is 6.61 Å². The van der Waals surface area contributed by atoms with Gasteiger partial charge in [-0.15, -0.1) is 0 Å². The quantitative estimate of drug-likeness (QED) is 0.592. The van der Waals surface area contributed by atoms with Gasteiger partial charge in [0.15, 0.2) is 8.32 Å². The Hall–Kier alpha value is -0.433. The zero-order chi connectivity index (χ0) is 18.1. The van der Waals surface area contributed by atoms with Gasteiger partial charge in [0.2, 0.25) is 0 Å². The molecule has 1 rings (SSSR count). The Morgan fingerprint density at radius 1 is 1.22 bits per heavy atom.